The number of nitrogens with zero attached hydrogens (tertiary/aromatic N) is 1. The molecule has 3 rings (SSSR count). The average molecular weight is 499 g/mol. The van der Waals surface area contributed by atoms with E-state index in [1.165, 1.54) is 0 Å². The molecule has 0 saturated carbocycles. The van der Waals surface area contributed by atoms with E-state index in [9.17, 15) is 10.2 Å². The average Bonchev–Trinajstić information content (AvgIpc) is 2.83. The number of nitrogens with one attached hydrogen (secondary N) is 1. The fourth-order valence-electron chi connectivity index (χ4n) is 3.67. The van der Waals surface area contributed by atoms with Crippen LogP contribution in [-0.2, 0) is 0 Å². The number of piperidine rings is 1. The highest BCUT2D eigenvalue weighted by Crippen LogP contribution is 2.26. The minimum Gasteiger partial charge on any atom is -0.497 e. The van der Waals surface area contributed by atoms with Crippen LogP contribution in [-0.4, -0.2) is 79.9 Å². The van der Waals surface area contributed by atoms with Crippen LogP contribution in [0.1, 0.15) is 12.8 Å². The quantitative estimate of drug-likeness (QED) is 0.414. The topological polar surface area (TPSA) is 83.4 Å². The molecule has 1 saturated heterocycles. The third kappa shape index (κ3) is 8.85. The Bertz CT molecular complexity index is 864. The first-order chi connectivity index (χ1) is 15.9. The van der Waals surface area contributed by atoms with Crippen LogP contribution >= 0.6 is 23.2 Å². The van der Waals surface area contributed by atoms with Crippen molar-refractivity contribution in [3.05, 3.63) is 52.5 Å². The zero-order valence-electron chi connectivity index (χ0n) is 18.8. The summed E-state index contributed by atoms with van der Waals surface area (Å²) in [5.41, 5.74) is 0. The molecule has 0 bridgehead atoms. The molecule has 33 heavy (non-hydrogen) atoms. The number of benzene rings is 2. The molecule has 182 valence electrons. The van der Waals surface area contributed by atoms with Crippen LogP contribution in [0.25, 0.3) is 0 Å². The SMILES string of the molecule is COc1cccc(OC[C@@H](O)CNC2CCN(C[C@@H](O)COc3ccc(Cl)c(Cl)c3)CC2)c1. The number of aliphatic hydroxyl groups excluding tert-OH is 2. The Morgan fingerprint density at radius 3 is 2.30 bits per heavy atom. The molecule has 1 aliphatic heterocycles. The van der Waals surface area contributed by atoms with Crippen LogP contribution in [0, 0.1) is 0 Å². The van der Waals surface area contributed by atoms with Crippen molar-refractivity contribution in [3.63, 3.8) is 0 Å². The van der Waals surface area contributed by atoms with Crippen molar-refractivity contribution < 1.29 is 24.4 Å². The summed E-state index contributed by atoms with van der Waals surface area (Å²) in [4.78, 5) is 2.23. The van der Waals surface area contributed by atoms with E-state index in [0.717, 1.165) is 31.7 Å². The van der Waals surface area contributed by atoms with Crippen LogP contribution in [0.3, 0.4) is 0 Å². The van der Waals surface area contributed by atoms with E-state index in [1.807, 2.05) is 18.2 Å². The Hall–Kier alpha value is -1.74. The van der Waals surface area contributed by atoms with E-state index in [0.29, 0.717) is 40.7 Å². The maximum atomic E-state index is 10.3. The van der Waals surface area contributed by atoms with Crippen molar-refractivity contribution in [3.8, 4) is 17.2 Å². The Labute approximate surface area is 205 Å². The van der Waals surface area contributed by atoms with Crippen LogP contribution in [0.5, 0.6) is 17.2 Å². The number of halogens is 2. The number of aliphatic hydroxyl groups is 2. The second-order valence-electron chi connectivity index (χ2n) is 8.17. The molecule has 1 fully saturated rings. The number of ether oxygens (including phenoxy) is 3. The number of hydrogen-bond acceptors (Lipinski definition) is 7. The van der Waals surface area contributed by atoms with E-state index < -0.39 is 12.2 Å². The van der Waals surface area contributed by atoms with Crippen LogP contribution in [0.4, 0.5) is 0 Å². The zero-order valence-corrected chi connectivity index (χ0v) is 20.3. The lowest BCUT2D eigenvalue weighted by atomic mass is 10.0. The first kappa shape index (κ1) is 25.9. The second kappa shape index (κ2) is 13.2. The molecule has 7 nitrogen and oxygen atoms in total. The highest BCUT2D eigenvalue weighted by atomic mass is 35.5. The molecular formula is C24H32Cl2N2O5. The number of likely N-dealkylation sites (tertiary alicyclic amines) is 1. The van der Waals surface area contributed by atoms with Gasteiger partial charge in [0.25, 0.3) is 0 Å². The first-order valence-electron chi connectivity index (χ1n) is 11.1. The lowest BCUT2D eigenvalue weighted by molar-refractivity contribution is 0.0556. The predicted molar refractivity (Wildman–Crippen MR) is 130 cm³/mol. The minimum atomic E-state index is -0.602. The lowest BCUT2D eigenvalue weighted by Crippen LogP contribution is -2.47. The minimum absolute atomic E-state index is 0.190. The van der Waals surface area contributed by atoms with E-state index in [-0.39, 0.29) is 13.2 Å². The summed E-state index contributed by atoms with van der Waals surface area (Å²) in [6.07, 6.45) is 0.697. The summed E-state index contributed by atoms with van der Waals surface area (Å²) in [5, 5.41) is 24.9. The van der Waals surface area contributed by atoms with Gasteiger partial charge < -0.3 is 34.6 Å². The smallest absolute Gasteiger partial charge is 0.123 e. The van der Waals surface area contributed by atoms with Gasteiger partial charge in [0.1, 0.15) is 42.7 Å². The van der Waals surface area contributed by atoms with Crippen molar-refractivity contribution >= 4 is 23.2 Å². The molecule has 0 amide bonds. The summed E-state index contributed by atoms with van der Waals surface area (Å²) in [6, 6.07) is 12.7. The Balaban J connectivity index is 1.28. The molecule has 9 heteroatoms. The molecule has 2 aromatic rings. The molecule has 0 aromatic heterocycles. The fraction of sp³-hybridized carbons (Fsp3) is 0.500. The molecule has 2 aromatic carbocycles. The number of hydrogen-bond donors (Lipinski definition) is 3. The van der Waals surface area contributed by atoms with E-state index in [2.05, 4.69) is 10.2 Å². The van der Waals surface area contributed by atoms with Gasteiger partial charge in [-0.3, -0.25) is 0 Å². The Morgan fingerprint density at radius 1 is 0.939 bits per heavy atom. The third-order valence-corrected chi connectivity index (χ3v) is 6.25. The summed E-state index contributed by atoms with van der Waals surface area (Å²) >= 11 is 11.9. The van der Waals surface area contributed by atoms with Crippen molar-refractivity contribution in [1.82, 2.24) is 10.2 Å². The highest BCUT2D eigenvalue weighted by molar-refractivity contribution is 6.42. The van der Waals surface area contributed by atoms with Gasteiger partial charge in [-0.2, -0.15) is 0 Å². The zero-order chi connectivity index (χ0) is 23.6. The number of β-amino-alcohol motifs (C(OH)–C–C–N with tert-alkyl or cyclic N) is 1. The second-order valence-corrected chi connectivity index (χ2v) is 8.98. The molecule has 3 N–H and O–H groups in total. The maximum absolute atomic E-state index is 10.3. The van der Waals surface area contributed by atoms with E-state index in [4.69, 9.17) is 37.4 Å². The lowest BCUT2D eigenvalue weighted by Gasteiger charge is -2.33. The predicted octanol–water partition coefficient (Wildman–Crippen LogP) is 3.24. The molecule has 0 unspecified atom stereocenters. The van der Waals surface area contributed by atoms with Gasteiger partial charge in [0.05, 0.1) is 17.2 Å². The molecule has 0 aliphatic carbocycles. The van der Waals surface area contributed by atoms with Gasteiger partial charge in [0.15, 0.2) is 0 Å². The Kier molecular flexibility index (Phi) is 10.4. The van der Waals surface area contributed by atoms with Crippen molar-refractivity contribution in [2.45, 2.75) is 31.1 Å². The normalized spacial score (nSPS) is 16.9. The molecule has 1 heterocycles. The van der Waals surface area contributed by atoms with Gasteiger partial charge in [0, 0.05) is 31.3 Å². The fourth-order valence-corrected chi connectivity index (χ4v) is 3.96. The van der Waals surface area contributed by atoms with Crippen LogP contribution in [0.2, 0.25) is 10.0 Å². The van der Waals surface area contributed by atoms with Gasteiger partial charge in [-0.25, -0.2) is 0 Å². The van der Waals surface area contributed by atoms with Crippen molar-refractivity contribution in [2.24, 2.45) is 0 Å². The number of methoxy groups -OCH3 is 1. The molecule has 1 aliphatic rings. The van der Waals surface area contributed by atoms with Gasteiger partial charge in [-0.1, -0.05) is 29.3 Å². The monoisotopic (exact) mass is 498 g/mol. The summed E-state index contributed by atoms with van der Waals surface area (Å²) < 4.78 is 16.4. The van der Waals surface area contributed by atoms with Gasteiger partial charge >= 0.3 is 0 Å². The van der Waals surface area contributed by atoms with Gasteiger partial charge in [-0.15, -0.1) is 0 Å². The van der Waals surface area contributed by atoms with E-state index >= 15 is 0 Å². The van der Waals surface area contributed by atoms with Crippen molar-refractivity contribution in [2.75, 3.05) is 46.5 Å². The van der Waals surface area contributed by atoms with E-state index in [1.54, 1.807) is 31.4 Å². The Morgan fingerprint density at radius 2 is 1.61 bits per heavy atom. The highest BCUT2D eigenvalue weighted by Gasteiger charge is 2.21. The molecule has 0 radical (unpaired) electrons. The van der Waals surface area contributed by atoms with Crippen molar-refractivity contribution in [1.29, 1.82) is 0 Å². The first-order valence-corrected chi connectivity index (χ1v) is 11.8. The van der Waals surface area contributed by atoms with Gasteiger partial charge in [-0.05, 0) is 50.2 Å². The molecule has 0 spiro atoms. The largest absolute Gasteiger partial charge is 0.497 e. The van der Waals surface area contributed by atoms with Crippen LogP contribution in [0.15, 0.2) is 42.5 Å². The summed E-state index contributed by atoms with van der Waals surface area (Å²) in [5.74, 6) is 1.97. The summed E-state index contributed by atoms with van der Waals surface area (Å²) in [6.45, 7) is 3.16. The molecule has 2 atom stereocenters. The van der Waals surface area contributed by atoms with Crippen LogP contribution < -0.4 is 19.5 Å². The standard InChI is InChI=1S/C24H32Cl2N2O5/c1-31-20-3-2-4-21(11-20)32-15-18(29)13-27-17-7-9-28(10-8-17)14-19(30)16-33-22-5-6-23(25)24(26)12-22/h2-6,11-12,17-19,27,29-30H,7-10,13-16H2,1H3/t18-,19+/m0/s1. The third-order valence-electron chi connectivity index (χ3n) is 5.52. The van der Waals surface area contributed by atoms with Gasteiger partial charge in [0.2, 0.25) is 0 Å². The number of rotatable bonds is 12. The summed E-state index contributed by atoms with van der Waals surface area (Å²) in [7, 11) is 1.61. The maximum Gasteiger partial charge on any atom is 0.123 e. The molecular weight excluding hydrogens is 467 g/mol.